The molecular weight excluding hydrogens is 314 g/mol. The molecule has 1 heterocycles. The van der Waals surface area contributed by atoms with E-state index in [-0.39, 0.29) is 16.9 Å². The van der Waals surface area contributed by atoms with E-state index in [9.17, 15) is 9.59 Å². The molecule has 3 aromatic rings. The van der Waals surface area contributed by atoms with Gasteiger partial charge in [-0.2, -0.15) is 0 Å². The maximum atomic E-state index is 12.8. The van der Waals surface area contributed by atoms with E-state index in [4.69, 9.17) is 4.42 Å². The van der Waals surface area contributed by atoms with Crippen LogP contribution in [0.4, 0.5) is 11.6 Å². The van der Waals surface area contributed by atoms with Crippen molar-refractivity contribution in [2.45, 2.75) is 13.8 Å². The Morgan fingerprint density at radius 2 is 1.76 bits per heavy atom. The second-order valence-electron chi connectivity index (χ2n) is 6.00. The minimum absolute atomic E-state index is 0.0144. The largest absolute Gasteiger partial charge is 0.439 e. The average molecular weight is 333 g/mol. The van der Waals surface area contributed by atoms with E-state index >= 15 is 0 Å². The first-order valence-corrected chi connectivity index (χ1v) is 8.03. The highest BCUT2D eigenvalue weighted by atomic mass is 16.4. The molecule has 25 heavy (non-hydrogen) atoms. The summed E-state index contributed by atoms with van der Waals surface area (Å²) in [5.74, 6) is 0.236. The van der Waals surface area contributed by atoms with Crippen molar-refractivity contribution >= 4 is 28.8 Å². The molecule has 0 bridgehead atoms. The number of hydrogen-bond donors (Lipinski definition) is 0. The van der Waals surface area contributed by atoms with E-state index in [2.05, 4.69) is 6.58 Å². The van der Waals surface area contributed by atoms with Crippen LogP contribution in [0.1, 0.15) is 21.5 Å². The Balaban J connectivity index is 2.28. The summed E-state index contributed by atoms with van der Waals surface area (Å²) in [5, 5.41) is 0.410. The van der Waals surface area contributed by atoms with Gasteiger partial charge in [-0.1, -0.05) is 35.4 Å². The Morgan fingerprint density at radius 1 is 1.08 bits per heavy atom. The van der Waals surface area contributed by atoms with Crippen LogP contribution < -0.4 is 10.3 Å². The smallest absolute Gasteiger partial charge is 0.215 e. The van der Waals surface area contributed by atoms with Crippen molar-refractivity contribution in [2.75, 3.05) is 11.4 Å². The van der Waals surface area contributed by atoms with Crippen molar-refractivity contribution in [3.8, 4) is 0 Å². The molecule has 4 heteroatoms. The summed E-state index contributed by atoms with van der Waals surface area (Å²) in [6, 6.07) is 13.1. The molecule has 0 spiro atoms. The number of rotatable bonds is 5. The van der Waals surface area contributed by atoms with Gasteiger partial charge in [0.25, 0.3) is 0 Å². The fourth-order valence-corrected chi connectivity index (χ4v) is 2.78. The minimum atomic E-state index is -0.323. The number of aryl methyl sites for hydroxylation is 2. The zero-order chi connectivity index (χ0) is 18.0. The van der Waals surface area contributed by atoms with Crippen LogP contribution in [0, 0.1) is 13.8 Å². The molecule has 3 rings (SSSR count). The second kappa shape index (κ2) is 6.77. The number of carbonyl (C=O) groups is 1. The van der Waals surface area contributed by atoms with Crippen molar-refractivity contribution < 1.29 is 9.21 Å². The highest BCUT2D eigenvalue weighted by Crippen LogP contribution is 2.30. The lowest BCUT2D eigenvalue weighted by molar-refractivity contribution is 0.112. The third kappa shape index (κ3) is 3.11. The first kappa shape index (κ1) is 16.7. The van der Waals surface area contributed by atoms with Crippen LogP contribution in [-0.2, 0) is 0 Å². The highest BCUT2D eigenvalue weighted by molar-refractivity contribution is 5.91. The molecule has 0 N–H and O–H groups in total. The molecule has 1 aromatic heterocycles. The van der Waals surface area contributed by atoms with Crippen molar-refractivity contribution in [3.63, 3.8) is 0 Å². The standard InChI is InChI=1S/C21H19NO3/c1-4-11-22(16-8-5-14(2)6-9-16)21-18(13-23)20(24)17-12-15(3)7-10-19(17)25-21/h4-10,12-13H,1,11H2,2-3H3. The molecule has 0 atom stereocenters. The lowest BCUT2D eigenvalue weighted by Crippen LogP contribution is -2.22. The van der Waals surface area contributed by atoms with E-state index in [0.29, 0.717) is 23.8 Å². The monoisotopic (exact) mass is 333 g/mol. The zero-order valence-corrected chi connectivity index (χ0v) is 14.3. The highest BCUT2D eigenvalue weighted by Gasteiger charge is 2.20. The summed E-state index contributed by atoms with van der Waals surface area (Å²) in [4.78, 5) is 26.2. The van der Waals surface area contributed by atoms with Crippen molar-refractivity contribution in [1.82, 2.24) is 0 Å². The van der Waals surface area contributed by atoms with Gasteiger partial charge in [-0.3, -0.25) is 9.59 Å². The Bertz CT molecular complexity index is 1000. The lowest BCUT2D eigenvalue weighted by Gasteiger charge is -2.23. The molecule has 0 aliphatic rings. The third-order valence-electron chi connectivity index (χ3n) is 4.08. The maximum Gasteiger partial charge on any atom is 0.215 e. The number of anilines is 2. The summed E-state index contributed by atoms with van der Waals surface area (Å²) < 4.78 is 5.97. The van der Waals surface area contributed by atoms with Crippen LogP contribution in [0.5, 0.6) is 0 Å². The Hall–Kier alpha value is -3.14. The molecule has 0 saturated carbocycles. The molecule has 0 fully saturated rings. The van der Waals surface area contributed by atoms with E-state index in [0.717, 1.165) is 16.8 Å². The van der Waals surface area contributed by atoms with E-state index < -0.39 is 0 Å². The van der Waals surface area contributed by atoms with Gasteiger partial charge in [0.05, 0.1) is 5.39 Å². The van der Waals surface area contributed by atoms with E-state index in [1.165, 1.54) is 0 Å². The van der Waals surface area contributed by atoms with Crippen LogP contribution in [0.3, 0.4) is 0 Å². The molecule has 2 aromatic carbocycles. The summed E-state index contributed by atoms with van der Waals surface area (Å²) in [6.45, 7) is 8.07. The van der Waals surface area contributed by atoms with Gasteiger partial charge < -0.3 is 9.32 Å². The Morgan fingerprint density at radius 3 is 2.40 bits per heavy atom. The van der Waals surface area contributed by atoms with Crippen molar-refractivity contribution in [3.05, 3.63) is 82.0 Å². The number of nitrogens with zero attached hydrogens (tertiary/aromatic N) is 1. The van der Waals surface area contributed by atoms with Gasteiger partial charge in [-0.15, -0.1) is 6.58 Å². The summed E-state index contributed by atoms with van der Waals surface area (Å²) in [7, 11) is 0. The predicted octanol–water partition coefficient (Wildman–Crippen LogP) is 4.55. The van der Waals surface area contributed by atoms with Crippen molar-refractivity contribution in [2.24, 2.45) is 0 Å². The molecule has 0 aliphatic heterocycles. The van der Waals surface area contributed by atoms with Crippen LogP contribution in [0.25, 0.3) is 11.0 Å². The quantitative estimate of drug-likeness (QED) is 0.508. The molecule has 0 amide bonds. The average Bonchev–Trinajstić information content (AvgIpc) is 2.61. The number of benzene rings is 2. The normalized spacial score (nSPS) is 10.6. The van der Waals surface area contributed by atoms with E-state index in [1.807, 2.05) is 44.2 Å². The Labute approximate surface area is 146 Å². The second-order valence-corrected chi connectivity index (χ2v) is 6.00. The molecule has 0 aliphatic carbocycles. The van der Waals surface area contributed by atoms with Gasteiger partial charge in [0.15, 0.2) is 6.29 Å². The number of fused-ring (bicyclic) bond motifs is 1. The molecule has 0 unspecified atom stereocenters. The van der Waals surface area contributed by atoms with Crippen LogP contribution in [0.2, 0.25) is 0 Å². The third-order valence-corrected chi connectivity index (χ3v) is 4.08. The molecule has 4 nitrogen and oxygen atoms in total. The van der Waals surface area contributed by atoms with Gasteiger partial charge in [0, 0.05) is 12.2 Å². The number of hydrogen-bond acceptors (Lipinski definition) is 4. The van der Waals surface area contributed by atoms with Gasteiger partial charge in [-0.25, -0.2) is 0 Å². The molecular formula is C21H19NO3. The Kier molecular flexibility index (Phi) is 4.52. The minimum Gasteiger partial charge on any atom is -0.439 e. The number of aldehydes is 1. The fraction of sp³-hybridized carbons (Fsp3) is 0.143. The van der Waals surface area contributed by atoms with Gasteiger partial charge in [0.1, 0.15) is 11.1 Å². The predicted molar refractivity (Wildman–Crippen MR) is 101 cm³/mol. The molecule has 0 radical (unpaired) electrons. The topological polar surface area (TPSA) is 50.5 Å². The molecule has 126 valence electrons. The summed E-state index contributed by atoms with van der Waals surface area (Å²) >= 11 is 0. The number of carbonyl (C=O) groups excluding carboxylic acids is 1. The fourth-order valence-electron chi connectivity index (χ4n) is 2.78. The first-order valence-electron chi connectivity index (χ1n) is 8.03. The van der Waals surface area contributed by atoms with Crippen LogP contribution in [0.15, 0.2) is 64.3 Å². The van der Waals surface area contributed by atoms with Gasteiger partial charge >= 0.3 is 0 Å². The first-order chi connectivity index (χ1) is 12.0. The zero-order valence-electron chi connectivity index (χ0n) is 14.3. The molecule has 0 saturated heterocycles. The summed E-state index contributed by atoms with van der Waals surface area (Å²) in [6.07, 6.45) is 2.26. The lowest BCUT2D eigenvalue weighted by atomic mass is 10.1. The SMILES string of the molecule is C=CCN(c1ccc(C)cc1)c1oc2ccc(C)cc2c(=O)c1C=O. The van der Waals surface area contributed by atoms with Gasteiger partial charge in [-0.05, 0) is 38.1 Å². The van der Waals surface area contributed by atoms with E-state index in [1.54, 1.807) is 23.1 Å². The van der Waals surface area contributed by atoms with Crippen molar-refractivity contribution in [1.29, 1.82) is 0 Å². The van der Waals surface area contributed by atoms with Crippen LogP contribution in [-0.4, -0.2) is 12.8 Å². The summed E-state index contributed by atoms with van der Waals surface area (Å²) in [5.41, 5.74) is 3.02. The van der Waals surface area contributed by atoms with Gasteiger partial charge in [0.2, 0.25) is 11.3 Å². The van der Waals surface area contributed by atoms with Crippen LogP contribution >= 0.6 is 0 Å². The maximum absolute atomic E-state index is 12.8.